The summed E-state index contributed by atoms with van der Waals surface area (Å²) in [4.78, 5) is 14.3. The quantitative estimate of drug-likeness (QED) is 0.840. The Kier molecular flexibility index (Phi) is 5.50. The van der Waals surface area contributed by atoms with Crippen molar-refractivity contribution in [3.05, 3.63) is 29.3 Å². The second-order valence-corrected chi connectivity index (χ2v) is 8.43. The van der Waals surface area contributed by atoms with Crippen molar-refractivity contribution >= 4 is 21.8 Å². The van der Waals surface area contributed by atoms with Crippen LogP contribution in [0, 0.1) is 0 Å². The smallest absolute Gasteiger partial charge is 0.259 e. The Balaban J connectivity index is 1.77. The standard InChI is InChI=1S/C18H25N3O4S/c1-2-6-16(22)21-10-4-3-8-14(21)11-25-15-9-5-7-13-12-26(23,24)20-18(19)17(13)15/h5,7,9,14H,2-4,6,8,10-12H2,1H3,(H2,19,20). The van der Waals surface area contributed by atoms with Crippen molar-refractivity contribution in [1.82, 2.24) is 4.90 Å². The van der Waals surface area contributed by atoms with Crippen LogP contribution in [-0.2, 0) is 20.6 Å². The lowest BCUT2D eigenvalue weighted by Gasteiger charge is -2.36. The molecule has 8 heteroatoms. The highest BCUT2D eigenvalue weighted by molar-refractivity contribution is 7.89. The molecule has 1 saturated heterocycles. The van der Waals surface area contributed by atoms with Gasteiger partial charge in [-0.2, -0.15) is 0 Å². The predicted molar refractivity (Wildman–Crippen MR) is 99.5 cm³/mol. The van der Waals surface area contributed by atoms with E-state index in [9.17, 15) is 13.2 Å². The Morgan fingerprint density at radius 2 is 2.19 bits per heavy atom. The second-order valence-electron chi connectivity index (χ2n) is 6.79. The van der Waals surface area contributed by atoms with Gasteiger partial charge in [-0.3, -0.25) is 4.79 Å². The number of likely N-dealkylation sites (tertiary alicyclic amines) is 1. The zero-order valence-corrected chi connectivity index (χ0v) is 15.8. The van der Waals surface area contributed by atoms with Gasteiger partial charge < -0.3 is 15.4 Å². The van der Waals surface area contributed by atoms with Crippen LogP contribution in [0.2, 0.25) is 0 Å². The maximum atomic E-state index is 12.3. The van der Waals surface area contributed by atoms with Crippen molar-refractivity contribution in [2.75, 3.05) is 13.2 Å². The van der Waals surface area contributed by atoms with Crippen molar-refractivity contribution in [3.8, 4) is 5.75 Å². The average molecular weight is 379 g/mol. The number of amidine groups is 1. The van der Waals surface area contributed by atoms with Gasteiger partial charge in [0.05, 0.1) is 17.4 Å². The summed E-state index contributed by atoms with van der Waals surface area (Å²) >= 11 is 0. The van der Waals surface area contributed by atoms with E-state index in [2.05, 4.69) is 4.40 Å². The van der Waals surface area contributed by atoms with E-state index in [1.54, 1.807) is 18.2 Å². The fourth-order valence-electron chi connectivity index (χ4n) is 3.58. The molecule has 1 unspecified atom stereocenters. The van der Waals surface area contributed by atoms with E-state index in [1.165, 1.54) is 0 Å². The zero-order chi connectivity index (χ0) is 18.7. The molecule has 0 saturated carbocycles. The number of rotatable bonds is 5. The van der Waals surface area contributed by atoms with Gasteiger partial charge in [0.15, 0.2) is 0 Å². The van der Waals surface area contributed by atoms with Gasteiger partial charge in [-0.05, 0) is 37.3 Å². The number of nitrogens with zero attached hydrogens (tertiary/aromatic N) is 2. The molecule has 1 aromatic rings. The van der Waals surface area contributed by atoms with Crippen molar-refractivity contribution in [1.29, 1.82) is 0 Å². The van der Waals surface area contributed by atoms with Crippen LogP contribution < -0.4 is 10.5 Å². The fourth-order valence-corrected chi connectivity index (χ4v) is 4.67. The largest absolute Gasteiger partial charge is 0.491 e. The predicted octanol–water partition coefficient (Wildman–Crippen LogP) is 1.80. The lowest BCUT2D eigenvalue weighted by Crippen LogP contribution is -2.46. The van der Waals surface area contributed by atoms with Crippen LogP contribution in [0.15, 0.2) is 22.6 Å². The van der Waals surface area contributed by atoms with Gasteiger partial charge in [0.25, 0.3) is 10.0 Å². The molecular formula is C18H25N3O4S. The minimum atomic E-state index is -3.57. The molecule has 1 aromatic carbocycles. The molecule has 1 amide bonds. The van der Waals surface area contributed by atoms with E-state index in [1.807, 2.05) is 11.8 Å². The first kappa shape index (κ1) is 18.7. The van der Waals surface area contributed by atoms with Gasteiger partial charge in [-0.1, -0.05) is 19.1 Å². The summed E-state index contributed by atoms with van der Waals surface area (Å²) in [5.41, 5.74) is 7.01. The number of fused-ring (bicyclic) bond motifs is 1. The van der Waals surface area contributed by atoms with Gasteiger partial charge in [-0.15, -0.1) is 4.40 Å². The Bertz CT molecular complexity index is 820. The molecule has 2 aliphatic heterocycles. The van der Waals surface area contributed by atoms with Gasteiger partial charge in [0, 0.05) is 13.0 Å². The van der Waals surface area contributed by atoms with Gasteiger partial charge in [0.1, 0.15) is 18.2 Å². The summed E-state index contributed by atoms with van der Waals surface area (Å²) in [6.45, 7) is 3.13. The maximum Gasteiger partial charge on any atom is 0.259 e. The summed E-state index contributed by atoms with van der Waals surface area (Å²) in [6, 6.07) is 5.27. The molecule has 1 atom stereocenters. The molecule has 0 spiro atoms. The highest BCUT2D eigenvalue weighted by Crippen LogP contribution is 2.29. The third kappa shape index (κ3) is 4.00. The van der Waals surface area contributed by atoms with E-state index in [-0.39, 0.29) is 23.5 Å². The molecule has 26 heavy (non-hydrogen) atoms. The fraction of sp³-hybridized carbons (Fsp3) is 0.556. The summed E-state index contributed by atoms with van der Waals surface area (Å²) < 4.78 is 33.1. The van der Waals surface area contributed by atoms with Gasteiger partial charge >= 0.3 is 0 Å². The third-order valence-corrected chi connectivity index (χ3v) is 5.94. The highest BCUT2D eigenvalue weighted by Gasteiger charge is 2.28. The first-order valence-corrected chi connectivity index (χ1v) is 10.6. The molecule has 2 N–H and O–H groups in total. The third-order valence-electron chi connectivity index (χ3n) is 4.79. The lowest BCUT2D eigenvalue weighted by molar-refractivity contribution is -0.135. The van der Waals surface area contributed by atoms with Gasteiger partial charge in [0.2, 0.25) is 5.91 Å². The highest BCUT2D eigenvalue weighted by atomic mass is 32.2. The van der Waals surface area contributed by atoms with E-state index < -0.39 is 10.0 Å². The van der Waals surface area contributed by atoms with Crippen molar-refractivity contribution < 1.29 is 17.9 Å². The topological polar surface area (TPSA) is 102 Å². The number of hydrogen-bond donors (Lipinski definition) is 1. The molecule has 142 valence electrons. The summed E-state index contributed by atoms with van der Waals surface area (Å²) in [5.74, 6) is 0.477. The van der Waals surface area contributed by atoms with E-state index >= 15 is 0 Å². The molecule has 0 bridgehead atoms. The molecule has 1 fully saturated rings. The molecule has 0 aliphatic carbocycles. The van der Waals surface area contributed by atoms with Crippen molar-refractivity contribution in [2.45, 2.75) is 50.8 Å². The van der Waals surface area contributed by atoms with Crippen molar-refractivity contribution in [2.24, 2.45) is 10.1 Å². The molecule has 0 aromatic heterocycles. The second kappa shape index (κ2) is 7.65. The monoisotopic (exact) mass is 379 g/mol. The van der Waals surface area contributed by atoms with Crippen LogP contribution in [0.5, 0.6) is 5.75 Å². The summed E-state index contributed by atoms with van der Waals surface area (Å²) in [6.07, 6.45) is 4.37. The van der Waals surface area contributed by atoms with Crippen LogP contribution in [-0.4, -0.2) is 44.3 Å². The zero-order valence-electron chi connectivity index (χ0n) is 15.0. The van der Waals surface area contributed by atoms with Crippen LogP contribution in [0.4, 0.5) is 0 Å². The number of nitrogens with two attached hydrogens (primary N) is 1. The summed E-state index contributed by atoms with van der Waals surface area (Å²) in [5, 5.41) is 0. The van der Waals surface area contributed by atoms with Crippen LogP contribution in [0.25, 0.3) is 0 Å². The number of hydrogen-bond acceptors (Lipinski definition) is 5. The molecular weight excluding hydrogens is 354 g/mol. The number of amides is 1. The lowest BCUT2D eigenvalue weighted by atomic mass is 10.0. The number of ether oxygens (including phenoxy) is 1. The van der Waals surface area contributed by atoms with E-state index in [0.29, 0.717) is 29.9 Å². The molecule has 7 nitrogen and oxygen atoms in total. The van der Waals surface area contributed by atoms with E-state index in [0.717, 1.165) is 32.2 Å². The first-order chi connectivity index (χ1) is 12.4. The Morgan fingerprint density at radius 1 is 1.38 bits per heavy atom. The Hall–Kier alpha value is -2.09. The van der Waals surface area contributed by atoms with E-state index in [4.69, 9.17) is 10.5 Å². The number of sulfonamides is 1. The Morgan fingerprint density at radius 3 is 2.96 bits per heavy atom. The maximum absolute atomic E-state index is 12.3. The molecule has 2 aliphatic rings. The number of piperidine rings is 1. The van der Waals surface area contributed by atoms with Crippen molar-refractivity contribution in [3.63, 3.8) is 0 Å². The van der Waals surface area contributed by atoms with Crippen LogP contribution in [0.3, 0.4) is 0 Å². The number of benzene rings is 1. The Labute approximate surface area is 154 Å². The minimum absolute atomic E-state index is 0.0316. The molecule has 0 radical (unpaired) electrons. The minimum Gasteiger partial charge on any atom is -0.491 e. The summed E-state index contributed by atoms with van der Waals surface area (Å²) in [7, 11) is -3.57. The number of carbonyl (C=O) groups excluding carboxylic acids is 1. The SMILES string of the molecule is CCCC(=O)N1CCCCC1COc1cccc2c1C(N)=NS(=O)(=O)C2. The van der Waals surface area contributed by atoms with Gasteiger partial charge in [-0.25, -0.2) is 8.42 Å². The molecule has 2 heterocycles. The number of carbonyl (C=O) groups is 1. The average Bonchev–Trinajstić information content (AvgIpc) is 2.59. The molecule has 3 rings (SSSR count). The first-order valence-electron chi connectivity index (χ1n) is 9.04. The van der Waals surface area contributed by atoms with Crippen LogP contribution >= 0.6 is 0 Å². The van der Waals surface area contributed by atoms with Crippen LogP contribution in [0.1, 0.15) is 50.2 Å². The normalized spacial score (nSPS) is 21.7.